The van der Waals surface area contributed by atoms with E-state index in [9.17, 15) is 4.79 Å². The molecule has 114 valence electrons. The zero-order chi connectivity index (χ0) is 15.4. The van der Waals surface area contributed by atoms with Gasteiger partial charge in [-0.2, -0.15) is 0 Å². The van der Waals surface area contributed by atoms with Gasteiger partial charge in [0.05, 0.1) is 6.42 Å². The molecule has 2 aromatic rings. The number of para-hydroxylation sites is 1. The number of carbonyl (C=O) groups excluding carboxylic acids is 1. The fraction of sp³-hybridized carbons (Fsp3) is 0.316. The number of amides is 1. The lowest BCUT2D eigenvalue weighted by molar-refractivity contribution is -0.129. The van der Waals surface area contributed by atoms with Crippen LogP contribution in [0.15, 0.2) is 54.6 Å². The Morgan fingerprint density at radius 2 is 1.86 bits per heavy atom. The molecule has 1 aliphatic heterocycles. The van der Waals surface area contributed by atoms with E-state index >= 15 is 0 Å². The van der Waals surface area contributed by atoms with Gasteiger partial charge in [0.25, 0.3) is 0 Å². The molecule has 3 nitrogen and oxygen atoms in total. The lowest BCUT2D eigenvalue weighted by Crippen LogP contribution is -2.32. The van der Waals surface area contributed by atoms with Crippen LogP contribution in [0.5, 0.6) is 0 Å². The summed E-state index contributed by atoms with van der Waals surface area (Å²) < 4.78 is 0. The molecule has 1 heterocycles. The molecule has 0 bridgehead atoms. The third-order valence-electron chi connectivity index (χ3n) is 4.29. The Balaban J connectivity index is 1.56. The maximum atomic E-state index is 12.5. The summed E-state index contributed by atoms with van der Waals surface area (Å²) in [5, 5.41) is 3.51. The number of carbonyl (C=O) groups is 1. The molecule has 0 aliphatic carbocycles. The molecule has 1 atom stereocenters. The van der Waals surface area contributed by atoms with Crippen molar-refractivity contribution >= 4 is 11.6 Å². The average molecular weight is 294 g/mol. The largest absolute Gasteiger partial charge is 0.380 e. The Morgan fingerprint density at radius 1 is 1.14 bits per heavy atom. The van der Waals surface area contributed by atoms with Crippen LogP contribution in [0.4, 0.5) is 5.69 Å². The Hall–Kier alpha value is -2.29. The van der Waals surface area contributed by atoms with E-state index in [1.54, 1.807) is 0 Å². The molecule has 1 N–H and O–H groups in total. The van der Waals surface area contributed by atoms with Gasteiger partial charge in [-0.25, -0.2) is 0 Å². The third-order valence-corrected chi connectivity index (χ3v) is 4.29. The van der Waals surface area contributed by atoms with Crippen LogP contribution in [-0.2, 0) is 11.2 Å². The highest BCUT2D eigenvalue weighted by Gasteiger charge is 2.26. The smallest absolute Gasteiger partial charge is 0.227 e. The van der Waals surface area contributed by atoms with E-state index in [1.165, 1.54) is 5.56 Å². The van der Waals surface area contributed by atoms with Gasteiger partial charge in [0.1, 0.15) is 0 Å². The van der Waals surface area contributed by atoms with Gasteiger partial charge in [-0.05, 0) is 36.6 Å². The van der Waals surface area contributed by atoms with Gasteiger partial charge >= 0.3 is 0 Å². The van der Waals surface area contributed by atoms with Gasteiger partial charge in [0.15, 0.2) is 0 Å². The normalized spacial score (nSPS) is 17.5. The number of hydrogen-bond donors (Lipinski definition) is 1. The first-order valence-electron chi connectivity index (χ1n) is 7.86. The third kappa shape index (κ3) is 3.48. The Morgan fingerprint density at radius 3 is 2.64 bits per heavy atom. The highest BCUT2D eigenvalue weighted by molar-refractivity contribution is 5.79. The second-order valence-electron chi connectivity index (χ2n) is 5.94. The number of rotatable bonds is 4. The molecule has 2 aromatic carbocycles. The molecule has 0 saturated carbocycles. The molecule has 22 heavy (non-hydrogen) atoms. The van der Waals surface area contributed by atoms with Crippen molar-refractivity contribution in [3.8, 4) is 0 Å². The molecule has 3 heteroatoms. The SMILES string of the molecule is Cc1ccccc1CC(=O)N1CCC(Nc2ccccc2)C1. The van der Waals surface area contributed by atoms with Crippen molar-refractivity contribution in [3.63, 3.8) is 0 Å². The Kier molecular flexibility index (Phi) is 4.42. The second-order valence-corrected chi connectivity index (χ2v) is 5.94. The maximum Gasteiger partial charge on any atom is 0.227 e. The number of aryl methyl sites for hydroxylation is 1. The molecular weight excluding hydrogens is 272 g/mol. The van der Waals surface area contributed by atoms with Crippen LogP contribution >= 0.6 is 0 Å². The minimum atomic E-state index is 0.228. The van der Waals surface area contributed by atoms with Gasteiger partial charge in [-0.1, -0.05) is 42.5 Å². The predicted octanol–water partition coefficient (Wildman–Crippen LogP) is 3.25. The summed E-state index contributed by atoms with van der Waals surface area (Å²) in [4.78, 5) is 14.4. The molecule has 0 aromatic heterocycles. The molecule has 3 rings (SSSR count). The van der Waals surface area contributed by atoms with Crippen LogP contribution in [0.3, 0.4) is 0 Å². The van der Waals surface area contributed by atoms with Crippen LogP contribution in [0.1, 0.15) is 17.5 Å². The molecular formula is C19H22N2O. The standard InChI is InChI=1S/C19H22N2O/c1-15-7-5-6-8-16(15)13-19(22)21-12-11-18(14-21)20-17-9-3-2-4-10-17/h2-10,18,20H,11-14H2,1H3. The lowest BCUT2D eigenvalue weighted by Gasteiger charge is -2.18. The number of hydrogen-bond acceptors (Lipinski definition) is 2. The number of nitrogens with one attached hydrogen (secondary N) is 1. The number of benzene rings is 2. The van der Waals surface area contributed by atoms with Crippen molar-refractivity contribution in [3.05, 3.63) is 65.7 Å². The van der Waals surface area contributed by atoms with Crippen molar-refractivity contribution < 1.29 is 4.79 Å². The fourth-order valence-corrected chi connectivity index (χ4v) is 2.96. The van der Waals surface area contributed by atoms with Crippen LogP contribution in [0, 0.1) is 6.92 Å². The molecule has 0 radical (unpaired) electrons. The first-order chi connectivity index (χ1) is 10.7. The summed E-state index contributed by atoms with van der Waals surface area (Å²) in [6.45, 7) is 3.70. The quantitative estimate of drug-likeness (QED) is 0.939. The van der Waals surface area contributed by atoms with E-state index in [0.717, 1.165) is 30.8 Å². The maximum absolute atomic E-state index is 12.5. The minimum absolute atomic E-state index is 0.228. The summed E-state index contributed by atoms with van der Waals surface area (Å²) in [5.41, 5.74) is 3.45. The van der Waals surface area contributed by atoms with E-state index in [2.05, 4.69) is 30.4 Å². The second kappa shape index (κ2) is 6.65. The monoisotopic (exact) mass is 294 g/mol. The zero-order valence-corrected chi connectivity index (χ0v) is 13.0. The van der Waals surface area contributed by atoms with Gasteiger partial charge in [-0.3, -0.25) is 4.79 Å². The van der Waals surface area contributed by atoms with Crippen LogP contribution in [-0.4, -0.2) is 29.9 Å². The van der Waals surface area contributed by atoms with E-state index < -0.39 is 0 Å². The van der Waals surface area contributed by atoms with E-state index in [1.807, 2.05) is 41.3 Å². The summed E-state index contributed by atoms with van der Waals surface area (Å²) in [5.74, 6) is 0.228. The van der Waals surface area contributed by atoms with Crippen LogP contribution < -0.4 is 5.32 Å². The first kappa shape index (κ1) is 14.6. The molecule has 0 spiro atoms. The number of nitrogens with zero attached hydrogens (tertiary/aromatic N) is 1. The highest BCUT2D eigenvalue weighted by Crippen LogP contribution is 2.17. The Labute approximate surface area is 132 Å². The molecule has 1 amide bonds. The van der Waals surface area contributed by atoms with Crippen molar-refractivity contribution in [2.45, 2.75) is 25.8 Å². The lowest BCUT2D eigenvalue weighted by atomic mass is 10.1. The first-order valence-corrected chi connectivity index (χ1v) is 7.86. The van der Waals surface area contributed by atoms with E-state index in [-0.39, 0.29) is 5.91 Å². The van der Waals surface area contributed by atoms with E-state index in [0.29, 0.717) is 12.5 Å². The minimum Gasteiger partial charge on any atom is -0.380 e. The highest BCUT2D eigenvalue weighted by atomic mass is 16.2. The van der Waals surface area contributed by atoms with Gasteiger partial charge < -0.3 is 10.2 Å². The number of likely N-dealkylation sites (tertiary alicyclic amines) is 1. The van der Waals surface area contributed by atoms with Gasteiger partial charge in [-0.15, -0.1) is 0 Å². The summed E-state index contributed by atoms with van der Waals surface area (Å²) in [6, 6.07) is 18.7. The number of anilines is 1. The average Bonchev–Trinajstić information content (AvgIpc) is 2.99. The molecule has 1 saturated heterocycles. The van der Waals surface area contributed by atoms with Gasteiger partial charge in [0.2, 0.25) is 5.91 Å². The molecule has 1 aliphatic rings. The topological polar surface area (TPSA) is 32.3 Å². The van der Waals surface area contributed by atoms with Crippen molar-refractivity contribution in [2.24, 2.45) is 0 Å². The van der Waals surface area contributed by atoms with E-state index in [4.69, 9.17) is 0 Å². The molecule has 1 unspecified atom stereocenters. The summed E-state index contributed by atoms with van der Waals surface area (Å²) >= 11 is 0. The molecule has 1 fully saturated rings. The Bertz CT molecular complexity index is 639. The summed E-state index contributed by atoms with van der Waals surface area (Å²) in [7, 11) is 0. The van der Waals surface area contributed by atoms with Crippen molar-refractivity contribution in [1.82, 2.24) is 4.90 Å². The van der Waals surface area contributed by atoms with Crippen LogP contribution in [0.25, 0.3) is 0 Å². The van der Waals surface area contributed by atoms with Crippen molar-refractivity contribution in [1.29, 1.82) is 0 Å². The fourth-order valence-electron chi connectivity index (χ4n) is 2.96. The summed E-state index contributed by atoms with van der Waals surface area (Å²) in [6.07, 6.45) is 1.51. The predicted molar refractivity (Wildman–Crippen MR) is 89.9 cm³/mol. The van der Waals surface area contributed by atoms with Crippen molar-refractivity contribution in [2.75, 3.05) is 18.4 Å². The van der Waals surface area contributed by atoms with Crippen LogP contribution in [0.2, 0.25) is 0 Å². The zero-order valence-electron chi connectivity index (χ0n) is 13.0. The van der Waals surface area contributed by atoms with Gasteiger partial charge in [0, 0.05) is 24.8 Å².